The highest BCUT2D eigenvalue weighted by Gasteiger charge is 2.27. The third kappa shape index (κ3) is 4.81. The molecule has 2 aliphatic rings. The van der Waals surface area contributed by atoms with Crippen molar-refractivity contribution in [2.45, 2.75) is 49.4 Å². The van der Waals surface area contributed by atoms with Gasteiger partial charge in [0.15, 0.2) is 5.76 Å². The molecule has 0 bridgehead atoms. The van der Waals surface area contributed by atoms with Crippen LogP contribution in [0.1, 0.15) is 42.7 Å². The summed E-state index contributed by atoms with van der Waals surface area (Å²) in [4.78, 5) is 14.0. The average Bonchev–Trinajstić information content (AvgIpc) is 3.11. The van der Waals surface area contributed by atoms with Crippen molar-refractivity contribution in [2.24, 2.45) is 5.14 Å². The van der Waals surface area contributed by atoms with Crippen molar-refractivity contribution >= 4 is 15.9 Å². The summed E-state index contributed by atoms with van der Waals surface area (Å²) >= 11 is 0. The normalized spacial score (nSPS) is 22.9. The van der Waals surface area contributed by atoms with Gasteiger partial charge in [-0.2, -0.15) is 0 Å². The molecule has 140 valence electrons. The summed E-state index contributed by atoms with van der Waals surface area (Å²) in [6.45, 7) is 2.50. The standard InChI is InChI=1S/C16H24N2O6S/c17-25(20,21)15-5-4-14(24-15)16(19)18-8-6-12(7-9-18)23-11-13-3-1-2-10-22-13/h4-5,12-13H,1-3,6-11H2,(H2,17,20,21). The molecule has 1 atom stereocenters. The van der Waals surface area contributed by atoms with Gasteiger partial charge in [-0.05, 0) is 44.2 Å². The number of hydrogen-bond donors (Lipinski definition) is 1. The van der Waals surface area contributed by atoms with E-state index < -0.39 is 15.1 Å². The van der Waals surface area contributed by atoms with Gasteiger partial charge in [0, 0.05) is 19.7 Å². The zero-order valence-corrected chi connectivity index (χ0v) is 14.9. The van der Waals surface area contributed by atoms with E-state index in [4.69, 9.17) is 19.0 Å². The van der Waals surface area contributed by atoms with Crippen LogP contribution >= 0.6 is 0 Å². The second kappa shape index (κ2) is 7.86. The molecule has 0 aromatic carbocycles. The Balaban J connectivity index is 1.46. The van der Waals surface area contributed by atoms with Crippen molar-refractivity contribution in [3.8, 4) is 0 Å². The van der Waals surface area contributed by atoms with Crippen molar-refractivity contribution in [3.05, 3.63) is 17.9 Å². The Morgan fingerprint density at radius 3 is 2.60 bits per heavy atom. The topological polar surface area (TPSA) is 112 Å². The van der Waals surface area contributed by atoms with Crippen LogP contribution in [0.25, 0.3) is 0 Å². The van der Waals surface area contributed by atoms with E-state index in [-0.39, 0.29) is 23.9 Å². The van der Waals surface area contributed by atoms with Crippen LogP contribution < -0.4 is 5.14 Å². The second-order valence-electron chi connectivity index (χ2n) is 6.48. The number of hydrogen-bond acceptors (Lipinski definition) is 6. The molecule has 3 heterocycles. The summed E-state index contributed by atoms with van der Waals surface area (Å²) in [5.74, 6) is -0.344. The molecule has 0 aliphatic carbocycles. The van der Waals surface area contributed by atoms with Crippen molar-refractivity contribution in [1.82, 2.24) is 4.90 Å². The third-order valence-electron chi connectivity index (χ3n) is 4.59. The number of furan rings is 1. The highest BCUT2D eigenvalue weighted by Crippen LogP contribution is 2.20. The molecule has 1 aromatic rings. The molecule has 9 heteroatoms. The van der Waals surface area contributed by atoms with Gasteiger partial charge in [-0.1, -0.05) is 0 Å². The molecule has 1 unspecified atom stereocenters. The summed E-state index contributed by atoms with van der Waals surface area (Å²) in [7, 11) is -3.94. The third-order valence-corrected chi connectivity index (χ3v) is 5.37. The molecule has 25 heavy (non-hydrogen) atoms. The molecular formula is C16H24N2O6S. The highest BCUT2D eigenvalue weighted by atomic mass is 32.2. The number of carbonyl (C=O) groups is 1. The van der Waals surface area contributed by atoms with E-state index in [1.54, 1.807) is 4.90 Å². The van der Waals surface area contributed by atoms with E-state index in [0.29, 0.717) is 19.7 Å². The number of amides is 1. The van der Waals surface area contributed by atoms with E-state index >= 15 is 0 Å². The summed E-state index contributed by atoms with van der Waals surface area (Å²) < 4.78 is 39.1. The second-order valence-corrected chi connectivity index (χ2v) is 7.97. The molecule has 1 aromatic heterocycles. The number of primary sulfonamides is 1. The van der Waals surface area contributed by atoms with Crippen LogP contribution in [0, 0.1) is 0 Å². The maximum Gasteiger partial charge on any atom is 0.289 e. The van der Waals surface area contributed by atoms with Gasteiger partial charge in [0.05, 0.1) is 18.8 Å². The fraction of sp³-hybridized carbons (Fsp3) is 0.688. The lowest BCUT2D eigenvalue weighted by atomic mass is 10.1. The summed E-state index contributed by atoms with van der Waals surface area (Å²) in [5.41, 5.74) is 0. The van der Waals surface area contributed by atoms with E-state index in [1.807, 2.05) is 0 Å². The van der Waals surface area contributed by atoms with Crippen LogP contribution in [0.5, 0.6) is 0 Å². The first kappa shape index (κ1) is 18.4. The van der Waals surface area contributed by atoms with E-state index in [9.17, 15) is 13.2 Å². The van der Waals surface area contributed by atoms with Crippen LogP contribution in [0.4, 0.5) is 0 Å². The minimum Gasteiger partial charge on any atom is -0.438 e. The quantitative estimate of drug-likeness (QED) is 0.829. The fourth-order valence-corrected chi connectivity index (χ4v) is 3.62. The zero-order valence-electron chi connectivity index (χ0n) is 14.1. The highest BCUT2D eigenvalue weighted by molar-refractivity contribution is 7.89. The number of ether oxygens (including phenoxy) is 2. The Hall–Kier alpha value is -1.42. The lowest BCUT2D eigenvalue weighted by Crippen LogP contribution is -2.41. The number of piperidine rings is 1. The van der Waals surface area contributed by atoms with Gasteiger partial charge in [0.25, 0.3) is 15.9 Å². The maximum atomic E-state index is 12.4. The molecular weight excluding hydrogens is 348 g/mol. The number of sulfonamides is 1. The first-order valence-electron chi connectivity index (χ1n) is 8.58. The van der Waals surface area contributed by atoms with Crippen molar-refractivity contribution in [1.29, 1.82) is 0 Å². The van der Waals surface area contributed by atoms with Gasteiger partial charge in [-0.3, -0.25) is 4.79 Å². The SMILES string of the molecule is NS(=O)(=O)c1ccc(C(=O)N2CCC(OCC3CCCCO3)CC2)o1. The van der Waals surface area contributed by atoms with Crippen molar-refractivity contribution in [3.63, 3.8) is 0 Å². The molecule has 1 amide bonds. The molecule has 0 radical (unpaired) electrons. The minimum atomic E-state index is -3.94. The molecule has 3 rings (SSSR count). The average molecular weight is 372 g/mol. The first-order valence-corrected chi connectivity index (χ1v) is 10.1. The fourth-order valence-electron chi connectivity index (χ4n) is 3.15. The molecule has 2 saturated heterocycles. The van der Waals surface area contributed by atoms with E-state index in [2.05, 4.69) is 0 Å². The summed E-state index contributed by atoms with van der Waals surface area (Å²) in [6.07, 6.45) is 5.13. The Morgan fingerprint density at radius 1 is 1.24 bits per heavy atom. The van der Waals surface area contributed by atoms with Crippen LogP contribution in [-0.2, 0) is 19.5 Å². The van der Waals surface area contributed by atoms with Crippen LogP contribution in [-0.4, -0.2) is 57.7 Å². The van der Waals surface area contributed by atoms with Crippen LogP contribution in [0.3, 0.4) is 0 Å². The van der Waals surface area contributed by atoms with Crippen LogP contribution in [0.2, 0.25) is 0 Å². The van der Waals surface area contributed by atoms with E-state index in [1.165, 1.54) is 18.6 Å². The molecule has 8 nitrogen and oxygen atoms in total. The zero-order chi connectivity index (χ0) is 17.9. The Morgan fingerprint density at radius 2 is 2.00 bits per heavy atom. The van der Waals surface area contributed by atoms with Gasteiger partial charge in [-0.25, -0.2) is 13.6 Å². The molecule has 0 saturated carbocycles. The molecule has 2 fully saturated rings. The number of nitrogens with zero attached hydrogens (tertiary/aromatic N) is 1. The predicted molar refractivity (Wildman–Crippen MR) is 88.5 cm³/mol. The number of likely N-dealkylation sites (tertiary alicyclic amines) is 1. The first-order chi connectivity index (χ1) is 11.9. The number of carbonyl (C=O) groups excluding carboxylic acids is 1. The maximum absolute atomic E-state index is 12.4. The molecule has 2 N–H and O–H groups in total. The molecule has 0 spiro atoms. The van der Waals surface area contributed by atoms with Gasteiger partial charge in [-0.15, -0.1) is 0 Å². The predicted octanol–water partition coefficient (Wildman–Crippen LogP) is 1.12. The van der Waals surface area contributed by atoms with Gasteiger partial charge in [0.2, 0.25) is 5.09 Å². The monoisotopic (exact) mass is 372 g/mol. The van der Waals surface area contributed by atoms with Crippen LogP contribution in [0.15, 0.2) is 21.6 Å². The summed E-state index contributed by atoms with van der Waals surface area (Å²) in [6, 6.07) is 2.54. The largest absolute Gasteiger partial charge is 0.438 e. The Bertz CT molecular complexity index is 687. The Labute approximate surface area is 147 Å². The van der Waals surface area contributed by atoms with Crippen molar-refractivity contribution in [2.75, 3.05) is 26.3 Å². The number of nitrogens with two attached hydrogens (primary N) is 1. The minimum absolute atomic E-state index is 0.0148. The molecule has 2 aliphatic heterocycles. The lowest BCUT2D eigenvalue weighted by Gasteiger charge is -2.32. The Kier molecular flexibility index (Phi) is 5.78. The number of rotatable bonds is 5. The van der Waals surface area contributed by atoms with Gasteiger partial charge in [0.1, 0.15) is 0 Å². The lowest BCUT2D eigenvalue weighted by molar-refractivity contribution is -0.0734. The van der Waals surface area contributed by atoms with Crippen molar-refractivity contribution < 1.29 is 27.1 Å². The van der Waals surface area contributed by atoms with Gasteiger partial charge >= 0.3 is 0 Å². The summed E-state index contributed by atoms with van der Waals surface area (Å²) in [5, 5.41) is 4.59. The van der Waals surface area contributed by atoms with Gasteiger partial charge < -0.3 is 18.8 Å². The smallest absolute Gasteiger partial charge is 0.289 e. The van der Waals surface area contributed by atoms with E-state index in [0.717, 1.165) is 32.3 Å².